The van der Waals surface area contributed by atoms with Gasteiger partial charge in [0.15, 0.2) is 17.2 Å². The van der Waals surface area contributed by atoms with E-state index in [4.69, 9.17) is 37.4 Å². The Morgan fingerprint density at radius 1 is 1.05 bits per heavy atom. The van der Waals surface area contributed by atoms with Crippen LogP contribution in [0.5, 0.6) is 17.2 Å². The van der Waals surface area contributed by atoms with E-state index in [0.717, 1.165) is 0 Å². The third kappa shape index (κ3) is 7.70. The van der Waals surface area contributed by atoms with E-state index in [1.54, 1.807) is 48.5 Å². The van der Waals surface area contributed by atoms with Crippen LogP contribution in [0.2, 0.25) is 10.0 Å². The van der Waals surface area contributed by atoms with Gasteiger partial charge in [-0.15, -0.1) is 0 Å². The molecule has 0 heterocycles. The summed E-state index contributed by atoms with van der Waals surface area (Å²) >= 11 is 12.6. The zero-order chi connectivity index (χ0) is 26.8. The number of amides is 1. The number of nitrogens with zero attached hydrogens (tertiary/aromatic N) is 2. The van der Waals surface area contributed by atoms with Gasteiger partial charge in [-0.2, -0.15) is 5.10 Å². The molecule has 1 N–H and O–H groups in total. The zero-order valence-corrected chi connectivity index (χ0v) is 21.3. The molecular formula is C26H23Cl2N3O6. The van der Waals surface area contributed by atoms with Gasteiger partial charge in [0.2, 0.25) is 0 Å². The molecule has 0 fully saturated rings. The number of benzene rings is 3. The van der Waals surface area contributed by atoms with E-state index in [1.807, 2.05) is 6.92 Å². The molecule has 0 aliphatic carbocycles. The Labute approximate surface area is 223 Å². The summed E-state index contributed by atoms with van der Waals surface area (Å²) in [4.78, 5) is 22.8. The maximum absolute atomic E-state index is 12.5. The van der Waals surface area contributed by atoms with E-state index in [1.165, 1.54) is 18.3 Å². The molecule has 0 aliphatic rings. The Hall–Kier alpha value is -4.08. The fourth-order valence-electron chi connectivity index (χ4n) is 3.08. The number of halogens is 2. The predicted molar refractivity (Wildman–Crippen MR) is 142 cm³/mol. The Morgan fingerprint density at radius 2 is 1.76 bits per heavy atom. The minimum atomic E-state index is -0.477. The number of carbonyl (C=O) groups is 1. The molecule has 3 aromatic rings. The third-order valence-corrected chi connectivity index (χ3v) is 5.35. The lowest BCUT2D eigenvalue weighted by Gasteiger charge is -2.12. The fourth-order valence-corrected chi connectivity index (χ4v) is 3.69. The number of nitro benzene ring substituents is 1. The largest absolute Gasteiger partial charge is 0.490 e. The van der Waals surface area contributed by atoms with Crippen LogP contribution in [0.25, 0.3) is 0 Å². The molecule has 0 aliphatic heterocycles. The SMILES string of the molecule is C=CCOc1ccc(C(=O)N/N=C/c2cc(Cl)c(OCc3ccc([N+](=O)[O-])cc3)c(Cl)c2)cc1OCC. The second-order valence-corrected chi connectivity index (χ2v) is 8.23. The molecule has 1 amide bonds. The first-order chi connectivity index (χ1) is 17.8. The minimum absolute atomic E-state index is 0.0140. The number of ether oxygens (including phenoxy) is 3. The molecule has 0 atom stereocenters. The first kappa shape index (κ1) is 27.5. The Morgan fingerprint density at radius 3 is 2.38 bits per heavy atom. The van der Waals surface area contributed by atoms with Gasteiger partial charge in [0.1, 0.15) is 13.2 Å². The summed E-state index contributed by atoms with van der Waals surface area (Å²) in [7, 11) is 0. The molecule has 0 radical (unpaired) electrons. The average Bonchev–Trinajstić information content (AvgIpc) is 2.87. The number of non-ortho nitro benzene ring substituents is 1. The maximum atomic E-state index is 12.5. The lowest BCUT2D eigenvalue weighted by Crippen LogP contribution is -2.17. The van der Waals surface area contributed by atoms with Gasteiger partial charge in [-0.3, -0.25) is 14.9 Å². The topological polar surface area (TPSA) is 112 Å². The van der Waals surface area contributed by atoms with E-state index < -0.39 is 10.8 Å². The molecular weight excluding hydrogens is 521 g/mol. The van der Waals surface area contributed by atoms with Crippen molar-refractivity contribution in [3.8, 4) is 17.2 Å². The molecule has 3 rings (SSSR count). The van der Waals surface area contributed by atoms with Crippen molar-refractivity contribution in [3.05, 3.63) is 104 Å². The van der Waals surface area contributed by atoms with Gasteiger partial charge in [-0.1, -0.05) is 35.9 Å². The molecule has 0 bridgehead atoms. The number of nitrogens with one attached hydrogen (secondary N) is 1. The molecule has 0 unspecified atom stereocenters. The van der Waals surface area contributed by atoms with Gasteiger partial charge in [-0.25, -0.2) is 5.43 Å². The van der Waals surface area contributed by atoms with Crippen LogP contribution >= 0.6 is 23.2 Å². The molecule has 11 heteroatoms. The molecule has 192 valence electrons. The number of nitro groups is 1. The number of carbonyl (C=O) groups excluding carboxylic acids is 1. The highest BCUT2D eigenvalue weighted by atomic mass is 35.5. The lowest BCUT2D eigenvalue weighted by molar-refractivity contribution is -0.384. The Balaban J connectivity index is 1.63. The highest BCUT2D eigenvalue weighted by Crippen LogP contribution is 2.34. The van der Waals surface area contributed by atoms with Crippen LogP contribution in [0.3, 0.4) is 0 Å². The van der Waals surface area contributed by atoms with Crippen LogP contribution in [0.15, 0.2) is 72.4 Å². The third-order valence-electron chi connectivity index (χ3n) is 4.79. The summed E-state index contributed by atoms with van der Waals surface area (Å²) in [5, 5.41) is 15.2. The predicted octanol–water partition coefficient (Wildman–Crippen LogP) is 6.21. The molecule has 3 aromatic carbocycles. The standard InChI is InChI=1S/C26H23Cl2N3O6/c1-3-11-36-23-10-7-19(14-24(23)35-4-2)26(32)30-29-15-18-12-21(27)25(22(28)13-18)37-16-17-5-8-20(9-6-17)31(33)34/h3,5-10,12-15H,1,4,11,16H2,2H3,(H,30,32)/b29-15+. The van der Waals surface area contributed by atoms with Gasteiger partial charge >= 0.3 is 0 Å². The van der Waals surface area contributed by atoms with E-state index in [-0.39, 0.29) is 28.1 Å². The Bertz CT molecular complexity index is 1290. The van der Waals surface area contributed by atoms with Gasteiger partial charge in [0, 0.05) is 17.7 Å². The monoisotopic (exact) mass is 543 g/mol. The van der Waals surface area contributed by atoms with Crippen LogP contribution in [-0.2, 0) is 6.61 Å². The van der Waals surface area contributed by atoms with Gasteiger partial charge in [0.05, 0.1) is 27.8 Å². The highest BCUT2D eigenvalue weighted by Gasteiger charge is 2.13. The minimum Gasteiger partial charge on any atom is -0.490 e. The van der Waals surface area contributed by atoms with Crippen LogP contribution < -0.4 is 19.6 Å². The van der Waals surface area contributed by atoms with E-state index in [2.05, 4.69) is 17.1 Å². The number of hydrogen-bond donors (Lipinski definition) is 1. The first-order valence-corrected chi connectivity index (χ1v) is 11.8. The second-order valence-electron chi connectivity index (χ2n) is 7.42. The van der Waals surface area contributed by atoms with E-state index in [9.17, 15) is 14.9 Å². The summed E-state index contributed by atoms with van der Waals surface area (Å²) in [6.07, 6.45) is 3.00. The quantitative estimate of drug-likeness (QED) is 0.126. The normalized spacial score (nSPS) is 10.7. The molecule has 0 aromatic heterocycles. The van der Waals surface area contributed by atoms with Crippen molar-refractivity contribution >= 4 is 41.0 Å². The van der Waals surface area contributed by atoms with Crippen molar-refractivity contribution in [2.24, 2.45) is 5.10 Å². The van der Waals surface area contributed by atoms with E-state index >= 15 is 0 Å². The molecule has 0 saturated heterocycles. The van der Waals surface area contributed by atoms with Crippen molar-refractivity contribution in [1.82, 2.24) is 5.43 Å². The van der Waals surface area contributed by atoms with E-state index in [0.29, 0.717) is 41.4 Å². The number of hydrogen-bond acceptors (Lipinski definition) is 7. The summed E-state index contributed by atoms with van der Waals surface area (Å²) in [5.74, 6) is 0.739. The van der Waals surface area contributed by atoms with Crippen molar-refractivity contribution in [2.45, 2.75) is 13.5 Å². The van der Waals surface area contributed by atoms with Crippen LogP contribution in [-0.4, -0.2) is 30.3 Å². The summed E-state index contributed by atoms with van der Waals surface area (Å²) in [5.41, 5.74) is 4.00. The smallest absolute Gasteiger partial charge is 0.271 e. The molecule has 0 saturated carbocycles. The molecule has 0 spiro atoms. The van der Waals surface area contributed by atoms with Gasteiger partial charge in [-0.05, 0) is 60.5 Å². The van der Waals surface area contributed by atoms with Crippen molar-refractivity contribution in [1.29, 1.82) is 0 Å². The Kier molecular flexibility index (Phi) is 9.88. The zero-order valence-electron chi connectivity index (χ0n) is 19.8. The summed E-state index contributed by atoms with van der Waals surface area (Å²) in [6.45, 7) is 6.27. The van der Waals surface area contributed by atoms with Crippen LogP contribution in [0, 0.1) is 10.1 Å². The average molecular weight is 544 g/mol. The summed E-state index contributed by atoms with van der Waals surface area (Å²) in [6, 6.07) is 13.9. The number of hydrazone groups is 1. The molecule has 9 nitrogen and oxygen atoms in total. The molecule has 37 heavy (non-hydrogen) atoms. The lowest BCUT2D eigenvalue weighted by atomic mass is 10.2. The second kappa shape index (κ2) is 13.3. The van der Waals surface area contributed by atoms with Crippen LogP contribution in [0.4, 0.5) is 5.69 Å². The van der Waals surface area contributed by atoms with Crippen molar-refractivity contribution in [3.63, 3.8) is 0 Å². The van der Waals surface area contributed by atoms with Crippen LogP contribution in [0.1, 0.15) is 28.4 Å². The van der Waals surface area contributed by atoms with Crippen molar-refractivity contribution in [2.75, 3.05) is 13.2 Å². The van der Waals surface area contributed by atoms with Gasteiger partial charge < -0.3 is 14.2 Å². The van der Waals surface area contributed by atoms with Crippen molar-refractivity contribution < 1.29 is 23.9 Å². The maximum Gasteiger partial charge on any atom is 0.271 e. The number of rotatable bonds is 12. The first-order valence-electron chi connectivity index (χ1n) is 11.0. The highest BCUT2D eigenvalue weighted by molar-refractivity contribution is 6.37. The summed E-state index contributed by atoms with van der Waals surface area (Å²) < 4.78 is 16.8. The van der Waals surface area contributed by atoms with Gasteiger partial charge in [0.25, 0.3) is 11.6 Å². The fraction of sp³-hybridized carbons (Fsp3) is 0.154.